The molecule has 0 N–H and O–H groups in total. The second kappa shape index (κ2) is 13.5. The first-order valence-corrected chi connectivity index (χ1v) is 10.7. The average Bonchev–Trinajstić information content (AvgIpc) is 2.87. The van der Waals surface area contributed by atoms with Gasteiger partial charge in [0.1, 0.15) is 11.5 Å². The highest BCUT2D eigenvalue weighted by atomic mass is 16.5. The number of benzene rings is 2. The summed E-state index contributed by atoms with van der Waals surface area (Å²) in [6, 6.07) is 10.3. The summed E-state index contributed by atoms with van der Waals surface area (Å²) in [5.41, 5.74) is 2.70. The van der Waals surface area contributed by atoms with Crippen molar-refractivity contribution in [3.8, 4) is 11.5 Å². The SMILES string of the molecule is COC(=O)Cc1ccc(C=CC(=O)CC(=O)C=Cc2ccc(CC(=O)OC)c(OC)c2)cc1OC. The van der Waals surface area contributed by atoms with E-state index >= 15 is 0 Å². The molecule has 184 valence electrons. The molecule has 8 heteroatoms. The third kappa shape index (κ3) is 8.58. The Labute approximate surface area is 204 Å². The lowest BCUT2D eigenvalue weighted by molar-refractivity contribution is -0.140. The van der Waals surface area contributed by atoms with Crippen LogP contribution in [-0.4, -0.2) is 51.9 Å². The number of methoxy groups -OCH3 is 4. The molecule has 0 amide bonds. The number of carbonyl (C=O) groups excluding carboxylic acids is 4. The fourth-order valence-corrected chi connectivity index (χ4v) is 3.14. The Hall–Kier alpha value is -4.20. The van der Waals surface area contributed by atoms with Crippen LogP contribution in [0.25, 0.3) is 12.2 Å². The highest BCUT2D eigenvalue weighted by Gasteiger charge is 2.11. The molecule has 2 aromatic carbocycles. The number of rotatable bonds is 12. The number of hydrogen-bond donors (Lipinski definition) is 0. The van der Waals surface area contributed by atoms with Crippen molar-refractivity contribution >= 4 is 35.7 Å². The van der Waals surface area contributed by atoms with E-state index in [9.17, 15) is 19.2 Å². The van der Waals surface area contributed by atoms with Crippen molar-refractivity contribution < 1.29 is 38.1 Å². The first-order valence-electron chi connectivity index (χ1n) is 10.7. The van der Waals surface area contributed by atoms with E-state index in [1.54, 1.807) is 48.6 Å². The van der Waals surface area contributed by atoms with Gasteiger partial charge in [0.15, 0.2) is 11.6 Å². The topological polar surface area (TPSA) is 105 Å². The first-order chi connectivity index (χ1) is 16.8. The predicted molar refractivity (Wildman–Crippen MR) is 130 cm³/mol. The van der Waals surface area contributed by atoms with E-state index in [1.165, 1.54) is 40.6 Å². The molecule has 2 aromatic rings. The Morgan fingerprint density at radius 2 is 1.06 bits per heavy atom. The van der Waals surface area contributed by atoms with Crippen LogP contribution in [-0.2, 0) is 41.5 Å². The molecule has 0 heterocycles. The first kappa shape index (κ1) is 27.0. The lowest BCUT2D eigenvalue weighted by atomic mass is 10.1. The van der Waals surface area contributed by atoms with E-state index in [0.29, 0.717) is 33.8 Å². The normalized spacial score (nSPS) is 10.9. The Balaban J connectivity index is 1.99. The molecule has 0 aliphatic heterocycles. The fourth-order valence-electron chi connectivity index (χ4n) is 3.14. The Kier molecular flexibility index (Phi) is 10.4. The molecular formula is C27H28O8. The van der Waals surface area contributed by atoms with Gasteiger partial charge in [0.05, 0.1) is 47.7 Å². The molecule has 0 saturated heterocycles. The van der Waals surface area contributed by atoms with Crippen LogP contribution < -0.4 is 9.47 Å². The van der Waals surface area contributed by atoms with Gasteiger partial charge in [-0.2, -0.15) is 0 Å². The van der Waals surface area contributed by atoms with Crippen LogP contribution in [0.4, 0.5) is 0 Å². The summed E-state index contributed by atoms with van der Waals surface area (Å²) < 4.78 is 19.9. The predicted octanol–water partition coefficient (Wildman–Crippen LogP) is 3.39. The van der Waals surface area contributed by atoms with Crippen LogP contribution in [0, 0.1) is 0 Å². The van der Waals surface area contributed by atoms with E-state index < -0.39 is 0 Å². The Morgan fingerprint density at radius 3 is 1.40 bits per heavy atom. The number of carbonyl (C=O) groups is 4. The molecular weight excluding hydrogens is 452 g/mol. The third-order valence-corrected chi connectivity index (χ3v) is 5.02. The van der Waals surface area contributed by atoms with Gasteiger partial charge in [0.2, 0.25) is 0 Å². The van der Waals surface area contributed by atoms with Crippen molar-refractivity contribution in [2.24, 2.45) is 0 Å². The Bertz CT molecular complexity index is 1050. The van der Waals surface area contributed by atoms with Gasteiger partial charge in [0, 0.05) is 11.1 Å². The van der Waals surface area contributed by atoms with Gasteiger partial charge >= 0.3 is 11.9 Å². The van der Waals surface area contributed by atoms with Crippen LogP contribution in [0.5, 0.6) is 11.5 Å². The van der Waals surface area contributed by atoms with Crippen molar-refractivity contribution in [3.05, 3.63) is 70.8 Å². The van der Waals surface area contributed by atoms with E-state index in [0.717, 1.165) is 0 Å². The molecule has 0 spiro atoms. The molecule has 0 fully saturated rings. The quantitative estimate of drug-likeness (QED) is 0.259. The zero-order valence-electron chi connectivity index (χ0n) is 20.2. The Morgan fingerprint density at radius 1 is 0.657 bits per heavy atom. The van der Waals surface area contributed by atoms with Gasteiger partial charge in [-0.25, -0.2) is 0 Å². The second-order valence-electron chi connectivity index (χ2n) is 7.42. The standard InChI is InChI=1S/C27H28O8/c1-32-24-13-18(5-9-20(24)15-26(30)34-3)7-11-22(28)17-23(29)12-8-19-6-10-21(16-27(31)35-4)25(14-19)33-2/h5-14H,15-17H2,1-4H3. The van der Waals surface area contributed by atoms with Gasteiger partial charge in [-0.3, -0.25) is 19.2 Å². The minimum absolute atomic E-state index is 0.0727. The summed E-state index contributed by atoms with van der Waals surface area (Å²) in [5.74, 6) is -0.492. The monoisotopic (exact) mass is 480 g/mol. The minimum Gasteiger partial charge on any atom is -0.496 e. The van der Waals surface area contributed by atoms with E-state index in [4.69, 9.17) is 9.47 Å². The molecule has 0 atom stereocenters. The molecule has 0 radical (unpaired) electrons. The minimum atomic E-state index is -0.385. The molecule has 0 aliphatic carbocycles. The summed E-state index contributed by atoms with van der Waals surface area (Å²) in [6.07, 6.45) is 5.66. The van der Waals surface area contributed by atoms with Gasteiger partial charge in [-0.05, 0) is 35.4 Å². The molecule has 2 rings (SSSR count). The maximum Gasteiger partial charge on any atom is 0.310 e. The van der Waals surface area contributed by atoms with Crippen molar-refractivity contribution in [2.75, 3.05) is 28.4 Å². The number of ether oxygens (including phenoxy) is 4. The summed E-state index contributed by atoms with van der Waals surface area (Å²) in [4.78, 5) is 47.4. The van der Waals surface area contributed by atoms with Crippen LogP contribution in [0.3, 0.4) is 0 Å². The summed E-state index contributed by atoms with van der Waals surface area (Å²) in [5, 5.41) is 0. The van der Waals surface area contributed by atoms with Gasteiger partial charge in [0.25, 0.3) is 0 Å². The van der Waals surface area contributed by atoms with Crippen LogP contribution >= 0.6 is 0 Å². The number of esters is 2. The number of hydrogen-bond acceptors (Lipinski definition) is 8. The smallest absolute Gasteiger partial charge is 0.310 e. The van der Waals surface area contributed by atoms with E-state index in [1.807, 2.05) is 0 Å². The maximum absolute atomic E-state index is 12.2. The third-order valence-electron chi connectivity index (χ3n) is 5.02. The van der Waals surface area contributed by atoms with Crippen molar-refractivity contribution in [3.63, 3.8) is 0 Å². The van der Waals surface area contributed by atoms with Gasteiger partial charge in [-0.1, -0.05) is 36.4 Å². The lowest BCUT2D eigenvalue weighted by Crippen LogP contribution is -2.06. The van der Waals surface area contributed by atoms with Crippen molar-refractivity contribution in [1.29, 1.82) is 0 Å². The van der Waals surface area contributed by atoms with Crippen LogP contribution in [0.15, 0.2) is 48.6 Å². The molecule has 0 saturated carbocycles. The molecule has 8 nitrogen and oxygen atoms in total. The highest BCUT2D eigenvalue weighted by Crippen LogP contribution is 2.23. The number of ketones is 2. The summed E-state index contributed by atoms with van der Waals surface area (Å²) in [7, 11) is 5.60. The summed E-state index contributed by atoms with van der Waals surface area (Å²) >= 11 is 0. The molecule has 0 aromatic heterocycles. The fraction of sp³-hybridized carbons (Fsp3) is 0.259. The lowest BCUT2D eigenvalue weighted by Gasteiger charge is -2.08. The average molecular weight is 481 g/mol. The molecule has 0 aliphatic rings. The van der Waals surface area contributed by atoms with Crippen LogP contribution in [0.1, 0.15) is 28.7 Å². The van der Waals surface area contributed by atoms with Gasteiger partial charge in [-0.15, -0.1) is 0 Å². The number of allylic oxidation sites excluding steroid dienone is 2. The molecule has 0 unspecified atom stereocenters. The van der Waals surface area contributed by atoms with E-state index in [-0.39, 0.29) is 42.8 Å². The van der Waals surface area contributed by atoms with Crippen molar-refractivity contribution in [1.82, 2.24) is 0 Å². The van der Waals surface area contributed by atoms with Gasteiger partial charge < -0.3 is 18.9 Å². The second-order valence-corrected chi connectivity index (χ2v) is 7.42. The van der Waals surface area contributed by atoms with E-state index in [2.05, 4.69) is 9.47 Å². The summed E-state index contributed by atoms with van der Waals surface area (Å²) in [6.45, 7) is 0. The highest BCUT2D eigenvalue weighted by molar-refractivity contribution is 6.10. The molecule has 35 heavy (non-hydrogen) atoms. The van der Waals surface area contributed by atoms with Crippen molar-refractivity contribution in [2.45, 2.75) is 19.3 Å². The maximum atomic E-state index is 12.2. The molecule has 0 bridgehead atoms. The van der Waals surface area contributed by atoms with Crippen LogP contribution in [0.2, 0.25) is 0 Å². The zero-order chi connectivity index (χ0) is 25.8. The zero-order valence-corrected chi connectivity index (χ0v) is 20.2. The largest absolute Gasteiger partial charge is 0.496 e.